The Bertz CT molecular complexity index is 878. The number of hydrogen-bond donors (Lipinski definition) is 1. The van der Waals surface area contributed by atoms with Crippen molar-refractivity contribution in [1.82, 2.24) is 9.55 Å². The Balaban J connectivity index is 1.65. The number of imidazole rings is 1. The molecule has 1 heterocycles. The van der Waals surface area contributed by atoms with E-state index in [1.165, 1.54) is 0 Å². The van der Waals surface area contributed by atoms with Gasteiger partial charge in [-0.3, -0.25) is 0 Å². The number of fused-ring (bicyclic) bond motifs is 1. The molecule has 0 radical (unpaired) electrons. The molecule has 1 unspecified atom stereocenters. The molecular formula is C20H21N3O2. The van der Waals surface area contributed by atoms with Crippen molar-refractivity contribution >= 4 is 11.0 Å². The number of nitrogens with zero attached hydrogens (tertiary/aromatic N) is 3. The molecular weight excluding hydrogens is 314 g/mol. The van der Waals surface area contributed by atoms with Crippen LogP contribution in [0.1, 0.15) is 18.3 Å². The molecule has 128 valence electrons. The van der Waals surface area contributed by atoms with Gasteiger partial charge in [-0.15, -0.1) is 0 Å². The maximum absolute atomic E-state index is 10.4. The molecule has 25 heavy (non-hydrogen) atoms. The van der Waals surface area contributed by atoms with Gasteiger partial charge in [0, 0.05) is 6.42 Å². The summed E-state index contributed by atoms with van der Waals surface area (Å²) in [6.45, 7) is 2.70. The Morgan fingerprint density at radius 2 is 1.96 bits per heavy atom. The van der Waals surface area contributed by atoms with E-state index in [0.717, 1.165) is 28.8 Å². The van der Waals surface area contributed by atoms with Gasteiger partial charge >= 0.3 is 0 Å². The number of para-hydroxylation sites is 2. The molecule has 5 heteroatoms. The Labute approximate surface area is 147 Å². The number of rotatable bonds is 7. The molecule has 0 saturated heterocycles. The van der Waals surface area contributed by atoms with Crippen molar-refractivity contribution in [2.24, 2.45) is 0 Å². The first-order valence-electron chi connectivity index (χ1n) is 8.42. The van der Waals surface area contributed by atoms with E-state index in [1.54, 1.807) is 0 Å². The lowest BCUT2D eigenvalue weighted by atomic mass is 10.2. The highest BCUT2D eigenvalue weighted by Gasteiger charge is 2.13. The number of hydrogen-bond acceptors (Lipinski definition) is 4. The van der Waals surface area contributed by atoms with Gasteiger partial charge < -0.3 is 14.4 Å². The van der Waals surface area contributed by atoms with Crippen LogP contribution in [-0.2, 0) is 19.4 Å². The third-order valence-corrected chi connectivity index (χ3v) is 4.09. The van der Waals surface area contributed by atoms with Crippen LogP contribution < -0.4 is 4.74 Å². The second kappa shape index (κ2) is 7.82. The van der Waals surface area contributed by atoms with E-state index in [0.29, 0.717) is 18.7 Å². The van der Waals surface area contributed by atoms with E-state index < -0.39 is 6.10 Å². The van der Waals surface area contributed by atoms with Gasteiger partial charge in [0.1, 0.15) is 24.3 Å². The predicted molar refractivity (Wildman–Crippen MR) is 96.4 cm³/mol. The molecule has 0 bridgehead atoms. The molecule has 0 aliphatic heterocycles. The zero-order chi connectivity index (χ0) is 17.6. The van der Waals surface area contributed by atoms with Crippen LogP contribution in [0.2, 0.25) is 0 Å². The first-order valence-corrected chi connectivity index (χ1v) is 8.42. The lowest BCUT2D eigenvalue weighted by molar-refractivity contribution is 0.0927. The van der Waals surface area contributed by atoms with Crippen molar-refractivity contribution in [1.29, 1.82) is 5.26 Å². The van der Waals surface area contributed by atoms with E-state index in [2.05, 4.69) is 22.5 Å². The molecule has 0 aliphatic rings. The van der Waals surface area contributed by atoms with Gasteiger partial charge in [0.25, 0.3) is 0 Å². The SMILES string of the molecule is CCc1nc2ccccc2n1CC(O)COc1ccc(CC#N)cc1. The molecule has 1 aromatic heterocycles. The summed E-state index contributed by atoms with van der Waals surface area (Å²) in [7, 11) is 0. The van der Waals surface area contributed by atoms with Crippen molar-refractivity contribution in [3.63, 3.8) is 0 Å². The minimum absolute atomic E-state index is 0.202. The summed E-state index contributed by atoms with van der Waals surface area (Å²) < 4.78 is 7.72. The van der Waals surface area contributed by atoms with Crippen LogP contribution in [-0.4, -0.2) is 27.4 Å². The van der Waals surface area contributed by atoms with Gasteiger partial charge in [-0.1, -0.05) is 31.2 Å². The van der Waals surface area contributed by atoms with Gasteiger partial charge in [-0.05, 0) is 29.8 Å². The van der Waals surface area contributed by atoms with E-state index >= 15 is 0 Å². The Kier molecular flexibility index (Phi) is 5.32. The molecule has 1 N–H and O–H groups in total. The van der Waals surface area contributed by atoms with E-state index in [-0.39, 0.29) is 6.61 Å². The van der Waals surface area contributed by atoms with E-state index in [1.807, 2.05) is 48.5 Å². The first kappa shape index (κ1) is 17.0. The van der Waals surface area contributed by atoms with E-state index in [9.17, 15) is 5.11 Å². The quantitative estimate of drug-likeness (QED) is 0.720. The number of aromatic nitrogens is 2. The van der Waals surface area contributed by atoms with Crippen LogP contribution >= 0.6 is 0 Å². The first-order chi connectivity index (χ1) is 12.2. The third-order valence-electron chi connectivity index (χ3n) is 4.09. The van der Waals surface area contributed by atoms with Crippen LogP contribution in [0.4, 0.5) is 0 Å². The number of ether oxygens (including phenoxy) is 1. The maximum atomic E-state index is 10.4. The minimum Gasteiger partial charge on any atom is -0.491 e. The molecule has 0 aliphatic carbocycles. The van der Waals surface area contributed by atoms with Crippen LogP contribution in [0, 0.1) is 11.3 Å². The molecule has 3 rings (SSSR count). The van der Waals surface area contributed by atoms with Crippen LogP contribution in [0.5, 0.6) is 5.75 Å². The lowest BCUT2D eigenvalue weighted by Gasteiger charge is -2.15. The summed E-state index contributed by atoms with van der Waals surface area (Å²) in [5.41, 5.74) is 2.92. The van der Waals surface area contributed by atoms with Crippen molar-refractivity contribution in [3.05, 3.63) is 59.9 Å². The fourth-order valence-electron chi connectivity index (χ4n) is 2.85. The van der Waals surface area contributed by atoms with Crippen molar-refractivity contribution in [2.45, 2.75) is 32.4 Å². The van der Waals surface area contributed by atoms with Gasteiger partial charge in [0.2, 0.25) is 0 Å². The second-order valence-electron chi connectivity index (χ2n) is 5.92. The van der Waals surface area contributed by atoms with Gasteiger partial charge in [0.15, 0.2) is 0 Å². The summed E-state index contributed by atoms with van der Waals surface area (Å²) in [5, 5.41) is 19.1. The predicted octanol–water partition coefficient (Wildman–Crippen LogP) is 3.10. The third kappa shape index (κ3) is 3.98. The molecule has 1 atom stereocenters. The smallest absolute Gasteiger partial charge is 0.119 e. The number of nitriles is 1. The average Bonchev–Trinajstić information content (AvgIpc) is 2.99. The number of aliphatic hydroxyl groups is 1. The summed E-state index contributed by atoms with van der Waals surface area (Å²) in [6.07, 6.45) is 0.556. The van der Waals surface area contributed by atoms with Crippen molar-refractivity contribution in [3.8, 4) is 11.8 Å². The highest BCUT2D eigenvalue weighted by Crippen LogP contribution is 2.18. The molecule has 0 spiro atoms. The van der Waals surface area contributed by atoms with E-state index in [4.69, 9.17) is 10.00 Å². The second-order valence-corrected chi connectivity index (χ2v) is 5.92. The molecule has 0 amide bonds. The topological polar surface area (TPSA) is 71.1 Å². The fourth-order valence-corrected chi connectivity index (χ4v) is 2.85. The van der Waals surface area contributed by atoms with Crippen LogP contribution in [0.15, 0.2) is 48.5 Å². The van der Waals surface area contributed by atoms with Crippen molar-refractivity contribution < 1.29 is 9.84 Å². The average molecular weight is 335 g/mol. The fraction of sp³-hybridized carbons (Fsp3) is 0.300. The molecule has 0 fully saturated rings. The summed E-state index contributed by atoms with van der Waals surface area (Å²) >= 11 is 0. The van der Waals surface area contributed by atoms with Crippen LogP contribution in [0.3, 0.4) is 0 Å². The maximum Gasteiger partial charge on any atom is 0.119 e. The molecule has 2 aromatic carbocycles. The number of aliphatic hydroxyl groups excluding tert-OH is 1. The Morgan fingerprint density at radius 3 is 2.68 bits per heavy atom. The molecule has 5 nitrogen and oxygen atoms in total. The standard InChI is InChI=1S/C20H21N3O2/c1-2-20-22-18-5-3-4-6-19(18)23(20)13-16(24)14-25-17-9-7-15(8-10-17)11-12-21/h3-10,16,24H,2,11,13-14H2,1H3. The van der Waals surface area contributed by atoms with Gasteiger partial charge in [-0.2, -0.15) is 5.26 Å². The Morgan fingerprint density at radius 1 is 1.20 bits per heavy atom. The summed E-state index contributed by atoms with van der Waals surface area (Å²) in [6, 6.07) is 17.4. The monoisotopic (exact) mass is 335 g/mol. The highest BCUT2D eigenvalue weighted by atomic mass is 16.5. The molecule has 3 aromatic rings. The zero-order valence-corrected chi connectivity index (χ0v) is 14.2. The highest BCUT2D eigenvalue weighted by molar-refractivity contribution is 5.75. The lowest BCUT2D eigenvalue weighted by Crippen LogP contribution is -2.24. The molecule has 0 saturated carbocycles. The summed E-state index contributed by atoms with van der Waals surface area (Å²) in [5.74, 6) is 1.65. The minimum atomic E-state index is -0.637. The van der Waals surface area contributed by atoms with Crippen LogP contribution in [0.25, 0.3) is 11.0 Å². The zero-order valence-electron chi connectivity index (χ0n) is 14.2. The largest absolute Gasteiger partial charge is 0.491 e. The van der Waals surface area contributed by atoms with Crippen molar-refractivity contribution in [2.75, 3.05) is 6.61 Å². The number of aryl methyl sites for hydroxylation is 1. The normalized spacial score (nSPS) is 12.0. The number of benzene rings is 2. The van der Waals surface area contributed by atoms with Gasteiger partial charge in [-0.25, -0.2) is 4.98 Å². The Hall–Kier alpha value is -2.84. The summed E-state index contributed by atoms with van der Waals surface area (Å²) in [4.78, 5) is 4.61. The van der Waals surface area contributed by atoms with Gasteiger partial charge in [0.05, 0.1) is 30.1 Å².